The molecule has 2 saturated carbocycles. The van der Waals surface area contributed by atoms with Crippen molar-refractivity contribution in [1.82, 2.24) is 58.8 Å². The average Bonchev–Trinajstić information content (AvgIpc) is 0.757. The normalized spacial score (nSPS) is 13.0. The number of esters is 3. The highest BCUT2D eigenvalue weighted by atomic mass is 32.2. The van der Waals surface area contributed by atoms with E-state index < -0.39 is 83.9 Å². The Balaban J connectivity index is 0.000000157. The number of aromatic nitrogens is 12. The van der Waals surface area contributed by atoms with Gasteiger partial charge in [-0.15, -0.1) is 18.9 Å². The molecule has 630 valence electrons. The predicted molar refractivity (Wildman–Crippen MR) is 436 cm³/mol. The fourth-order valence-electron chi connectivity index (χ4n) is 13.6. The number of nitrogens with one attached hydrogen (secondary N) is 2. The lowest BCUT2D eigenvalue weighted by Gasteiger charge is -2.24. The van der Waals surface area contributed by atoms with Gasteiger partial charge in [0.25, 0.3) is 5.56 Å². The first-order chi connectivity index (χ1) is 57.8. The molecule has 0 amide bonds. The zero-order valence-electron chi connectivity index (χ0n) is 66.8. The fraction of sp³-hybridized carbons (Fsp3) is 0.345. The molecule has 32 nitrogen and oxygen atoms in total. The van der Waals surface area contributed by atoms with Crippen molar-refractivity contribution >= 4 is 83.5 Å². The Bertz CT molecular complexity index is 6000. The number of benzene rings is 4. The first-order valence-corrected chi connectivity index (χ1v) is 40.2. The highest BCUT2D eigenvalue weighted by molar-refractivity contribution is 7.88. The van der Waals surface area contributed by atoms with Crippen molar-refractivity contribution in [3.05, 3.63) is 256 Å². The first kappa shape index (κ1) is 87.4. The van der Waals surface area contributed by atoms with E-state index in [1.165, 1.54) is 88.9 Å². The molecule has 0 aliphatic heterocycles. The van der Waals surface area contributed by atoms with E-state index in [4.69, 9.17) is 33.6 Å². The molecule has 8 aromatic heterocycles. The molecule has 3 N–H and O–H groups in total. The summed E-state index contributed by atoms with van der Waals surface area (Å²) in [6.45, 7) is 13.2. The summed E-state index contributed by atoms with van der Waals surface area (Å²) in [5, 5.41) is 18.5. The van der Waals surface area contributed by atoms with Crippen LogP contribution in [0.3, 0.4) is 0 Å². The van der Waals surface area contributed by atoms with Crippen LogP contribution >= 0.6 is 0 Å². The molecule has 0 bridgehead atoms. The van der Waals surface area contributed by atoms with E-state index >= 15 is 0 Å². The Morgan fingerprint density at radius 3 is 1.19 bits per heavy atom. The van der Waals surface area contributed by atoms with Crippen molar-refractivity contribution in [2.24, 2.45) is 11.8 Å². The molecule has 0 radical (unpaired) electrons. The van der Waals surface area contributed by atoms with E-state index in [9.17, 15) is 60.3 Å². The third-order valence-corrected chi connectivity index (χ3v) is 20.5. The fourth-order valence-corrected chi connectivity index (χ4v) is 14.1. The van der Waals surface area contributed by atoms with Gasteiger partial charge in [0.2, 0.25) is 0 Å². The number of anilines is 2. The zero-order chi connectivity index (χ0) is 85.6. The van der Waals surface area contributed by atoms with Gasteiger partial charge in [0.05, 0.1) is 75.5 Å². The highest BCUT2D eigenvalue weighted by Crippen LogP contribution is 2.36. The number of carbonyl (C=O) groups excluding carboxylic acids is 3. The summed E-state index contributed by atoms with van der Waals surface area (Å²) in [5.41, 5.74) is -3.74. The lowest BCUT2D eigenvalue weighted by molar-refractivity contribution is -0.0500. The molecule has 120 heavy (non-hydrogen) atoms. The highest BCUT2D eigenvalue weighted by Gasteiger charge is 2.50. The minimum Gasteiger partial charge on any atom is -0.506 e. The van der Waals surface area contributed by atoms with Crippen LogP contribution in [0.25, 0.3) is 44.1 Å². The van der Waals surface area contributed by atoms with Gasteiger partial charge in [-0.25, -0.2) is 54.3 Å². The monoisotopic (exact) mass is 1670 g/mol. The second-order valence-electron chi connectivity index (χ2n) is 27.7. The number of fused-ring (bicyclic) bond motifs is 4. The minimum absolute atomic E-state index is 0.0604. The third kappa shape index (κ3) is 20.9. The van der Waals surface area contributed by atoms with Crippen molar-refractivity contribution in [3.63, 3.8) is 0 Å². The third-order valence-electron chi connectivity index (χ3n) is 19.5. The van der Waals surface area contributed by atoms with Crippen LogP contribution in [0.2, 0.25) is 0 Å². The average molecular weight is 1670 g/mol. The van der Waals surface area contributed by atoms with Crippen LogP contribution in [0.15, 0.2) is 172 Å². The Labute approximate surface area is 685 Å². The van der Waals surface area contributed by atoms with Gasteiger partial charge in [0.1, 0.15) is 57.5 Å². The van der Waals surface area contributed by atoms with Crippen molar-refractivity contribution in [2.45, 2.75) is 145 Å². The molecule has 0 saturated heterocycles. The Kier molecular flexibility index (Phi) is 29.6. The molecule has 14 rings (SSSR count). The smallest absolute Gasteiger partial charge is 0.506 e. The lowest BCUT2D eigenvalue weighted by Crippen LogP contribution is -2.35. The summed E-state index contributed by atoms with van der Waals surface area (Å²) >= 11 is 0. The second-order valence-corrected chi connectivity index (χ2v) is 29.3. The maximum Gasteiger partial charge on any atom is 0.534 e. The van der Waals surface area contributed by atoms with Crippen molar-refractivity contribution in [1.29, 1.82) is 0 Å². The molecule has 0 unspecified atom stereocenters. The zero-order valence-corrected chi connectivity index (χ0v) is 67.6. The number of hydrogen-bond donors (Lipinski definition) is 3. The molecular weight excluding hydrogens is 1580 g/mol. The van der Waals surface area contributed by atoms with Crippen LogP contribution in [0, 0.1) is 39.5 Å². The number of ether oxygens (including phenoxy) is 3. The van der Waals surface area contributed by atoms with Gasteiger partial charge < -0.3 is 53.5 Å². The van der Waals surface area contributed by atoms with Crippen LogP contribution in [0.1, 0.15) is 161 Å². The number of pyridine rings is 4. The van der Waals surface area contributed by atoms with Crippen LogP contribution in [0.5, 0.6) is 11.5 Å². The summed E-state index contributed by atoms with van der Waals surface area (Å²) < 4.78 is 85.5. The predicted octanol–water partition coefficient (Wildman–Crippen LogP) is 11.4. The van der Waals surface area contributed by atoms with Crippen LogP contribution in [0.4, 0.5) is 24.5 Å². The Morgan fingerprint density at radius 1 is 0.442 bits per heavy atom. The molecule has 2 aliphatic carbocycles. The largest absolute Gasteiger partial charge is 0.534 e. The summed E-state index contributed by atoms with van der Waals surface area (Å²) in [6, 6.07) is 38.6. The van der Waals surface area contributed by atoms with Gasteiger partial charge in [-0.3, -0.25) is 19.2 Å². The molecule has 0 spiro atoms. The maximum atomic E-state index is 13.5. The minimum atomic E-state index is -6.27. The Hall–Kier alpha value is -13.4. The lowest BCUT2D eigenvalue weighted by atomic mass is 9.89. The molecule has 0 atom stereocenters. The van der Waals surface area contributed by atoms with Gasteiger partial charge in [-0.1, -0.05) is 160 Å². The van der Waals surface area contributed by atoms with Crippen molar-refractivity contribution in [2.75, 3.05) is 43.5 Å². The van der Waals surface area contributed by atoms with Crippen LogP contribution < -0.4 is 56.4 Å². The number of aryl methyl sites for hydroxylation is 4. The number of aromatic hydroxyl groups is 1. The molecule has 8 heterocycles. The number of hydrogen-bond acceptors (Lipinski definition) is 28. The molecular formula is C84H89F3N14O18S. The van der Waals surface area contributed by atoms with Crippen LogP contribution in [-0.2, 0) is 50.8 Å². The molecule has 2 aliphatic rings. The van der Waals surface area contributed by atoms with Gasteiger partial charge in [0, 0.05) is 19.2 Å². The summed E-state index contributed by atoms with van der Waals surface area (Å²) in [5.74, 6) is -3.61. The quantitative estimate of drug-likeness (QED) is 0.0196. The van der Waals surface area contributed by atoms with Crippen molar-refractivity contribution < 1.29 is 78.8 Å². The first-order valence-electron chi connectivity index (χ1n) is 38.8. The van der Waals surface area contributed by atoms with Gasteiger partial charge in [-0.2, -0.15) is 21.6 Å². The van der Waals surface area contributed by atoms with Gasteiger partial charge >= 0.3 is 50.2 Å². The maximum absolute atomic E-state index is 13.5. The van der Waals surface area contributed by atoms with Gasteiger partial charge in [-0.05, 0) is 108 Å². The van der Waals surface area contributed by atoms with E-state index in [-0.39, 0.29) is 67.5 Å². The van der Waals surface area contributed by atoms with E-state index in [1.54, 1.807) is 57.2 Å². The Morgan fingerprint density at radius 2 is 0.775 bits per heavy atom. The van der Waals surface area contributed by atoms with E-state index in [2.05, 4.69) is 54.7 Å². The summed E-state index contributed by atoms with van der Waals surface area (Å²) in [6.07, 6.45) is 17.5. The van der Waals surface area contributed by atoms with Crippen LogP contribution in [-0.4, -0.2) is 129 Å². The molecule has 2 fully saturated rings. The standard InChI is InChI=1S/C25H30N4O4.C22H26N4O2.C19H16F3N3O7S.C18H17N3O5/c1-3-32-25(31)21-22(26-14-18-10-6-4-7-11-18)20-17(2)27-16-28-23(20)29(24(21)30)33-15-19-12-8-5-9-13-19;1-16-21-19(23-13-17-8-4-2-5-9-17)12-20(27)26(22(21)25-15-24-16)28-14-18-10-6-3-7-11-18;1-3-30-18(27)14-15(32-33(28,29)19(20,21)22)13-11(2)23-10-24-16(13)25(17(14)26)31-9-12-7-5-4-6-8-12;1-3-25-18(24)14-15(22)13-11(2)19-10-20-16(13)21(17(14)23)26-9-12-7-5-4-6-8-12/h5,8-9,12-13,16,18,26H,3-4,6-7,10-11,14-15H2,1-2H3;3,6-7,10-12,15,17,23H,2,4-5,8-9,13-14H2,1H3;4-8,10H,3,9H2,1-2H3;4-8,10,22H,3,9H2,1-2H3. The second kappa shape index (κ2) is 40.6. The summed E-state index contributed by atoms with van der Waals surface area (Å²) in [7, 11) is -6.27. The number of halogens is 3. The molecule has 36 heteroatoms. The van der Waals surface area contributed by atoms with E-state index in [0.29, 0.717) is 69.0 Å². The van der Waals surface area contributed by atoms with E-state index in [1.807, 2.05) is 105 Å². The molecule has 4 aromatic carbocycles. The van der Waals surface area contributed by atoms with E-state index in [0.717, 1.165) is 68.6 Å². The number of carbonyl (C=O) groups is 3. The molecule has 12 aromatic rings. The van der Waals surface area contributed by atoms with Gasteiger partial charge in [0.15, 0.2) is 45.0 Å². The SMILES string of the molecule is CCOC(=O)c1c(NCC2CCCCC2)c2c(C)ncnc2n(OCc2ccccc2)c1=O.CCOC(=O)c1c(O)c2c(C)ncnc2n(OCc2ccccc2)c1=O.CCOC(=O)c1c(OS(=O)(=O)C(F)(F)F)c2c(C)ncnc2n(OCc2ccccc2)c1=O.Cc1ncnc2c1c(NCC1CCCCC1)cc(=O)n2OCc1ccccc1. The summed E-state index contributed by atoms with van der Waals surface area (Å²) in [4.78, 5) is 146. The number of alkyl halides is 3. The van der Waals surface area contributed by atoms with Crippen molar-refractivity contribution in [3.8, 4) is 11.5 Å². The topological polar surface area (TPSA) is 395 Å². The number of nitrogens with zero attached hydrogens (tertiary/aromatic N) is 12. The number of rotatable bonds is 26.